The van der Waals surface area contributed by atoms with Crippen molar-refractivity contribution in [2.75, 3.05) is 20.6 Å². The van der Waals surface area contributed by atoms with Crippen LogP contribution in [0.15, 0.2) is 17.3 Å². The third-order valence-corrected chi connectivity index (χ3v) is 5.82. The molecule has 116 valence electrons. The van der Waals surface area contributed by atoms with Crippen molar-refractivity contribution in [2.45, 2.75) is 50.6 Å². The maximum atomic E-state index is 12.5. The topological polar surface area (TPSA) is 67.2 Å². The van der Waals surface area contributed by atoms with Gasteiger partial charge in [0.25, 0.3) is 0 Å². The Balaban J connectivity index is 2.88. The predicted octanol–water partition coefficient (Wildman–Crippen LogP) is 1.30. The fourth-order valence-corrected chi connectivity index (χ4v) is 3.26. The van der Waals surface area contributed by atoms with E-state index in [1.54, 1.807) is 17.9 Å². The first-order valence-electron chi connectivity index (χ1n) is 6.92. The summed E-state index contributed by atoms with van der Waals surface area (Å²) in [5, 5.41) is 7.18. The molecular weight excluding hydrogens is 276 g/mol. The lowest BCUT2D eigenvalue weighted by molar-refractivity contribution is 0.257. The van der Waals surface area contributed by atoms with E-state index in [1.165, 1.54) is 10.5 Å². The highest BCUT2D eigenvalue weighted by molar-refractivity contribution is 7.89. The Morgan fingerprint density at radius 2 is 2.10 bits per heavy atom. The number of aromatic nitrogens is 2. The standard InChI is InChI=1S/C13H26N4O2S/c1-6-13(2,3)16(5)20(18,19)12-10-15-17(11-12)9-7-8-14-4/h10-11,14H,6-9H2,1-5H3. The van der Waals surface area contributed by atoms with E-state index >= 15 is 0 Å². The summed E-state index contributed by atoms with van der Waals surface area (Å²) in [5.41, 5.74) is -0.410. The zero-order chi connectivity index (χ0) is 15.4. The molecule has 1 rings (SSSR count). The average Bonchev–Trinajstić information content (AvgIpc) is 2.87. The van der Waals surface area contributed by atoms with Crippen LogP contribution in [0.1, 0.15) is 33.6 Å². The smallest absolute Gasteiger partial charge is 0.246 e. The largest absolute Gasteiger partial charge is 0.320 e. The second kappa shape index (κ2) is 6.69. The molecule has 1 aromatic heterocycles. The van der Waals surface area contributed by atoms with E-state index in [-0.39, 0.29) is 4.90 Å². The summed E-state index contributed by atoms with van der Waals surface area (Å²) in [4.78, 5) is 0.256. The third-order valence-electron chi connectivity index (χ3n) is 3.80. The van der Waals surface area contributed by atoms with Crippen molar-refractivity contribution < 1.29 is 8.42 Å². The molecule has 20 heavy (non-hydrogen) atoms. The monoisotopic (exact) mass is 302 g/mol. The van der Waals surface area contributed by atoms with E-state index in [4.69, 9.17) is 0 Å². The molecule has 0 atom stereocenters. The molecule has 0 amide bonds. The zero-order valence-corrected chi connectivity index (χ0v) is 13.9. The molecule has 0 aromatic carbocycles. The Morgan fingerprint density at radius 3 is 2.65 bits per heavy atom. The van der Waals surface area contributed by atoms with Crippen LogP contribution in [0.5, 0.6) is 0 Å². The molecule has 0 saturated heterocycles. The molecule has 0 unspecified atom stereocenters. The van der Waals surface area contributed by atoms with Crippen molar-refractivity contribution >= 4 is 10.0 Å². The van der Waals surface area contributed by atoms with E-state index in [9.17, 15) is 8.42 Å². The molecule has 1 heterocycles. The quantitative estimate of drug-likeness (QED) is 0.735. The molecule has 6 nitrogen and oxygen atoms in total. The van der Waals surface area contributed by atoms with Gasteiger partial charge >= 0.3 is 0 Å². The maximum absolute atomic E-state index is 12.5. The minimum atomic E-state index is -3.48. The van der Waals surface area contributed by atoms with Crippen LogP contribution >= 0.6 is 0 Å². The minimum absolute atomic E-state index is 0.256. The van der Waals surface area contributed by atoms with Gasteiger partial charge in [-0.15, -0.1) is 0 Å². The maximum Gasteiger partial charge on any atom is 0.246 e. The van der Waals surface area contributed by atoms with Crippen molar-refractivity contribution in [3.63, 3.8) is 0 Å². The second-order valence-corrected chi connectivity index (χ2v) is 7.50. The number of nitrogens with zero attached hydrogens (tertiary/aromatic N) is 3. The second-order valence-electron chi connectivity index (χ2n) is 5.53. The molecule has 0 radical (unpaired) electrons. The normalized spacial score (nSPS) is 13.1. The molecule has 1 N–H and O–H groups in total. The van der Waals surface area contributed by atoms with E-state index < -0.39 is 15.6 Å². The van der Waals surface area contributed by atoms with Gasteiger partial charge in [-0.3, -0.25) is 4.68 Å². The molecule has 0 aliphatic heterocycles. The summed E-state index contributed by atoms with van der Waals surface area (Å²) >= 11 is 0. The Morgan fingerprint density at radius 1 is 1.45 bits per heavy atom. The van der Waals surface area contributed by atoms with Crippen LogP contribution in [-0.4, -0.2) is 48.7 Å². The van der Waals surface area contributed by atoms with Gasteiger partial charge in [0.2, 0.25) is 10.0 Å². The number of nitrogens with one attached hydrogen (secondary N) is 1. The number of hydrogen-bond donors (Lipinski definition) is 1. The van der Waals surface area contributed by atoms with Gasteiger partial charge in [-0.1, -0.05) is 6.92 Å². The van der Waals surface area contributed by atoms with Crippen molar-refractivity contribution in [3.05, 3.63) is 12.4 Å². The minimum Gasteiger partial charge on any atom is -0.320 e. The third kappa shape index (κ3) is 3.80. The molecule has 0 fully saturated rings. The van der Waals surface area contributed by atoms with Gasteiger partial charge in [-0.05, 0) is 40.3 Å². The highest BCUT2D eigenvalue weighted by Gasteiger charge is 2.33. The summed E-state index contributed by atoms with van der Waals surface area (Å²) in [5.74, 6) is 0. The molecule has 0 aliphatic rings. The van der Waals surface area contributed by atoms with E-state index in [0.29, 0.717) is 6.54 Å². The van der Waals surface area contributed by atoms with Crippen LogP contribution < -0.4 is 5.32 Å². The summed E-state index contributed by atoms with van der Waals surface area (Å²) in [6.45, 7) is 7.40. The first-order chi connectivity index (χ1) is 9.25. The van der Waals surface area contributed by atoms with E-state index in [0.717, 1.165) is 19.4 Å². The van der Waals surface area contributed by atoms with Crippen LogP contribution in [0.4, 0.5) is 0 Å². The van der Waals surface area contributed by atoms with Gasteiger partial charge in [0, 0.05) is 25.3 Å². The average molecular weight is 302 g/mol. The van der Waals surface area contributed by atoms with Gasteiger partial charge in [0.15, 0.2) is 0 Å². The first-order valence-corrected chi connectivity index (χ1v) is 8.36. The number of sulfonamides is 1. The Bertz CT molecular complexity index is 522. The van der Waals surface area contributed by atoms with Gasteiger partial charge in [-0.25, -0.2) is 8.42 Å². The zero-order valence-electron chi connectivity index (χ0n) is 13.0. The molecule has 1 aromatic rings. The van der Waals surface area contributed by atoms with Crippen LogP contribution in [-0.2, 0) is 16.6 Å². The summed E-state index contributed by atoms with van der Waals surface area (Å²) < 4.78 is 28.2. The molecule has 0 aliphatic carbocycles. The highest BCUT2D eigenvalue weighted by atomic mass is 32.2. The van der Waals surface area contributed by atoms with Crippen molar-refractivity contribution in [3.8, 4) is 0 Å². The lowest BCUT2D eigenvalue weighted by Gasteiger charge is -2.33. The fraction of sp³-hybridized carbons (Fsp3) is 0.769. The van der Waals surface area contributed by atoms with Crippen LogP contribution in [0.2, 0.25) is 0 Å². The van der Waals surface area contributed by atoms with Gasteiger partial charge in [-0.2, -0.15) is 9.40 Å². The van der Waals surface area contributed by atoms with Gasteiger partial charge in [0.05, 0.1) is 6.20 Å². The van der Waals surface area contributed by atoms with Crippen LogP contribution in [0.25, 0.3) is 0 Å². The van der Waals surface area contributed by atoms with E-state index in [1.807, 2.05) is 27.8 Å². The molecule has 0 spiro atoms. The Hall–Kier alpha value is -0.920. The lowest BCUT2D eigenvalue weighted by Crippen LogP contribution is -2.44. The number of rotatable bonds is 8. The van der Waals surface area contributed by atoms with Crippen molar-refractivity contribution in [1.82, 2.24) is 19.4 Å². The van der Waals surface area contributed by atoms with Gasteiger partial charge < -0.3 is 5.32 Å². The van der Waals surface area contributed by atoms with Crippen molar-refractivity contribution in [1.29, 1.82) is 0 Å². The van der Waals surface area contributed by atoms with Gasteiger partial charge in [0.1, 0.15) is 4.90 Å². The van der Waals surface area contributed by atoms with E-state index in [2.05, 4.69) is 10.4 Å². The number of hydrogen-bond acceptors (Lipinski definition) is 4. The predicted molar refractivity (Wildman–Crippen MR) is 80.1 cm³/mol. The number of aryl methyl sites for hydroxylation is 1. The Kier molecular flexibility index (Phi) is 5.73. The molecule has 0 saturated carbocycles. The highest BCUT2D eigenvalue weighted by Crippen LogP contribution is 2.24. The first kappa shape index (κ1) is 17.1. The van der Waals surface area contributed by atoms with Crippen molar-refractivity contribution in [2.24, 2.45) is 0 Å². The Labute approximate surface area is 122 Å². The summed E-state index contributed by atoms with van der Waals surface area (Å²) in [6.07, 6.45) is 4.69. The molecule has 7 heteroatoms. The van der Waals surface area contributed by atoms with Crippen LogP contribution in [0.3, 0.4) is 0 Å². The summed E-state index contributed by atoms with van der Waals surface area (Å²) in [7, 11) is 0.0277. The fourth-order valence-electron chi connectivity index (χ4n) is 1.72. The summed E-state index contributed by atoms with van der Waals surface area (Å²) in [6, 6.07) is 0. The van der Waals surface area contributed by atoms with Crippen LogP contribution in [0, 0.1) is 0 Å². The molecular formula is C13H26N4O2S. The molecule has 0 bridgehead atoms. The lowest BCUT2D eigenvalue weighted by atomic mass is 10.0. The SMILES string of the molecule is CCC(C)(C)N(C)S(=O)(=O)c1cnn(CCCNC)c1.